The summed E-state index contributed by atoms with van der Waals surface area (Å²) in [4.78, 5) is 0. The van der Waals surface area contributed by atoms with Gasteiger partial charge in [0, 0.05) is 0 Å². The second-order valence-corrected chi connectivity index (χ2v) is 2.05. The number of allylic oxidation sites excluding steroid dienone is 6. The Morgan fingerprint density at radius 2 is 1.64 bits per heavy atom. The van der Waals surface area contributed by atoms with Crippen molar-refractivity contribution in [3.05, 3.63) is 49.1 Å². The lowest BCUT2D eigenvalue weighted by atomic mass is 10.3. The molecule has 0 aromatic heterocycles. The van der Waals surface area contributed by atoms with Gasteiger partial charge in [-0.1, -0.05) is 42.5 Å². The van der Waals surface area contributed by atoms with Crippen molar-refractivity contribution in [1.82, 2.24) is 0 Å². The van der Waals surface area contributed by atoms with Gasteiger partial charge in [0.2, 0.25) is 0 Å². The van der Waals surface area contributed by atoms with E-state index in [1.807, 2.05) is 45.1 Å². The van der Waals surface area contributed by atoms with Crippen molar-refractivity contribution in [3.8, 4) is 0 Å². The maximum atomic E-state index is 3.61. The van der Waals surface area contributed by atoms with Crippen molar-refractivity contribution in [2.24, 2.45) is 0 Å². The first kappa shape index (κ1) is 12.6. The monoisotopic (exact) mass is 150 g/mol. The molecule has 0 spiro atoms. The van der Waals surface area contributed by atoms with E-state index in [1.54, 1.807) is 6.08 Å². The normalized spacial score (nSPS) is 10.3. The van der Waals surface area contributed by atoms with Crippen LogP contribution in [0.2, 0.25) is 0 Å². The van der Waals surface area contributed by atoms with Crippen LogP contribution in [-0.2, 0) is 0 Å². The Kier molecular flexibility index (Phi) is 13.4. The highest BCUT2D eigenvalue weighted by Crippen LogP contribution is 1.91. The zero-order valence-corrected chi connectivity index (χ0v) is 7.80. The van der Waals surface area contributed by atoms with Crippen LogP contribution in [0, 0.1) is 0 Å². The highest BCUT2D eigenvalue weighted by Gasteiger charge is 1.70. The second-order valence-electron chi connectivity index (χ2n) is 2.05. The Morgan fingerprint density at radius 1 is 1.18 bits per heavy atom. The largest absolute Gasteiger partial charge is 0.103 e. The van der Waals surface area contributed by atoms with Gasteiger partial charge in [0.15, 0.2) is 0 Å². The number of rotatable bonds is 2. The third-order valence-corrected chi connectivity index (χ3v) is 0.874. The van der Waals surface area contributed by atoms with Gasteiger partial charge in [0.25, 0.3) is 0 Å². The van der Waals surface area contributed by atoms with Crippen molar-refractivity contribution in [2.45, 2.75) is 20.8 Å². The van der Waals surface area contributed by atoms with Crippen LogP contribution in [0.3, 0.4) is 0 Å². The summed E-state index contributed by atoms with van der Waals surface area (Å²) < 4.78 is 0. The molecule has 0 nitrogen and oxygen atoms in total. The van der Waals surface area contributed by atoms with Crippen LogP contribution in [0.5, 0.6) is 0 Å². The number of hydrogen-bond acceptors (Lipinski definition) is 0. The molecule has 0 saturated heterocycles. The summed E-state index contributed by atoms with van der Waals surface area (Å²) in [6.07, 6.45) is 9.59. The van der Waals surface area contributed by atoms with E-state index in [-0.39, 0.29) is 0 Å². The highest BCUT2D eigenvalue weighted by atomic mass is 13.8. The highest BCUT2D eigenvalue weighted by molar-refractivity contribution is 5.18. The zero-order chi connectivity index (χ0) is 9.11. The van der Waals surface area contributed by atoms with Gasteiger partial charge in [-0.3, -0.25) is 0 Å². The molecule has 0 aromatic carbocycles. The SMILES string of the molecule is C=C/C(C)=C\C=C/C.C=CC. The summed E-state index contributed by atoms with van der Waals surface area (Å²) in [6.45, 7) is 12.9. The lowest BCUT2D eigenvalue weighted by Crippen LogP contribution is -1.60. The van der Waals surface area contributed by atoms with Crippen LogP contribution < -0.4 is 0 Å². The predicted molar refractivity (Wildman–Crippen MR) is 54.6 cm³/mol. The fraction of sp³-hybridized carbons (Fsp3) is 0.273. The average molecular weight is 150 g/mol. The van der Waals surface area contributed by atoms with Gasteiger partial charge in [-0.25, -0.2) is 0 Å². The standard InChI is InChI=1S/C8H12.C3H6/c1-4-6-7-8(3)5-2;1-3-2/h4-7H,2H2,1,3H3;3H,1H2,2H3/b6-4-,8-7-;. The third-order valence-electron chi connectivity index (χ3n) is 0.874. The van der Waals surface area contributed by atoms with Crippen LogP contribution in [0.25, 0.3) is 0 Å². The summed E-state index contributed by atoms with van der Waals surface area (Å²) in [6, 6.07) is 0. The minimum Gasteiger partial charge on any atom is -0.103 e. The van der Waals surface area contributed by atoms with E-state index in [4.69, 9.17) is 0 Å². The summed E-state index contributed by atoms with van der Waals surface area (Å²) in [5.74, 6) is 0. The molecule has 11 heavy (non-hydrogen) atoms. The van der Waals surface area contributed by atoms with E-state index in [0.29, 0.717) is 0 Å². The van der Waals surface area contributed by atoms with Gasteiger partial charge in [-0.2, -0.15) is 0 Å². The molecule has 0 aliphatic rings. The smallest absolute Gasteiger partial charge is 0.0398 e. The predicted octanol–water partition coefficient (Wildman–Crippen LogP) is 3.89. The van der Waals surface area contributed by atoms with E-state index in [1.165, 1.54) is 5.57 Å². The molecule has 0 atom stereocenters. The lowest BCUT2D eigenvalue weighted by Gasteiger charge is -1.81. The van der Waals surface area contributed by atoms with Crippen molar-refractivity contribution in [3.63, 3.8) is 0 Å². The Morgan fingerprint density at radius 3 is 1.91 bits per heavy atom. The van der Waals surface area contributed by atoms with E-state index in [9.17, 15) is 0 Å². The summed E-state index contributed by atoms with van der Waals surface area (Å²) in [5, 5.41) is 0. The minimum atomic E-state index is 1.20. The van der Waals surface area contributed by atoms with Gasteiger partial charge in [0.1, 0.15) is 0 Å². The molecule has 0 unspecified atom stereocenters. The fourth-order valence-electron chi connectivity index (χ4n) is 0.316. The molecule has 0 saturated carbocycles. The van der Waals surface area contributed by atoms with Crippen LogP contribution in [0.1, 0.15) is 20.8 Å². The Bertz CT molecular complexity index is 147. The maximum Gasteiger partial charge on any atom is -0.0398 e. The van der Waals surface area contributed by atoms with Crippen LogP contribution in [0.15, 0.2) is 49.1 Å². The third kappa shape index (κ3) is 17.6. The lowest BCUT2D eigenvalue weighted by molar-refractivity contribution is 1.53. The molecule has 62 valence electrons. The molecule has 0 fully saturated rings. The second kappa shape index (κ2) is 11.7. The topological polar surface area (TPSA) is 0 Å². The molecule has 0 aliphatic heterocycles. The van der Waals surface area contributed by atoms with E-state index in [2.05, 4.69) is 13.2 Å². The van der Waals surface area contributed by atoms with E-state index in [0.717, 1.165) is 0 Å². The molecule has 0 heterocycles. The van der Waals surface area contributed by atoms with Gasteiger partial charge in [-0.15, -0.1) is 6.58 Å². The molecular formula is C11H18. The van der Waals surface area contributed by atoms with Crippen molar-refractivity contribution < 1.29 is 0 Å². The molecule has 0 N–H and O–H groups in total. The van der Waals surface area contributed by atoms with E-state index < -0.39 is 0 Å². The maximum absolute atomic E-state index is 3.61. The molecule has 0 heteroatoms. The Balaban J connectivity index is 0. The van der Waals surface area contributed by atoms with Crippen LogP contribution >= 0.6 is 0 Å². The van der Waals surface area contributed by atoms with Crippen LogP contribution in [-0.4, -0.2) is 0 Å². The van der Waals surface area contributed by atoms with Crippen molar-refractivity contribution in [2.75, 3.05) is 0 Å². The number of hydrogen-bond donors (Lipinski definition) is 0. The molecule has 0 amide bonds. The van der Waals surface area contributed by atoms with Gasteiger partial charge >= 0.3 is 0 Å². The molecular weight excluding hydrogens is 132 g/mol. The van der Waals surface area contributed by atoms with Crippen LogP contribution in [0.4, 0.5) is 0 Å². The van der Waals surface area contributed by atoms with Crippen molar-refractivity contribution >= 4 is 0 Å². The van der Waals surface area contributed by atoms with E-state index >= 15 is 0 Å². The molecule has 0 aliphatic carbocycles. The van der Waals surface area contributed by atoms with Crippen molar-refractivity contribution in [1.29, 1.82) is 0 Å². The first-order valence-electron chi connectivity index (χ1n) is 3.72. The quantitative estimate of drug-likeness (QED) is 0.414. The average Bonchev–Trinajstić information content (AvgIpc) is 2.02. The Labute approximate surface area is 70.6 Å². The Hall–Kier alpha value is -1.04. The summed E-state index contributed by atoms with van der Waals surface area (Å²) in [7, 11) is 0. The fourth-order valence-corrected chi connectivity index (χ4v) is 0.316. The van der Waals surface area contributed by atoms with Gasteiger partial charge in [-0.05, 0) is 20.8 Å². The van der Waals surface area contributed by atoms with Gasteiger partial charge in [0.05, 0.1) is 0 Å². The molecule has 0 radical (unpaired) electrons. The first-order valence-corrected chi connectivity index (χ1v) is 3.72. The summed E-state index contributed by atoms with van der Waals surface area (Å²) >= 11 is 0. The molecule has 0 bridgehead atoms. The first-order chi connectivity index (χ1) is 5.22. The van der Waals surface area contributed by atoms with Gasteiger partial charge < -0.3 is 0 Å². The summed E-state index contributed by atoms with van der Waals surface area (Å²) in [5.41, 5.74) is 1.20. The zero-order valence-electron chi connectivity index (χ0n) is 7.80. The molecule has 0 rings (SSSR count). The minimum absolute atomic E-state index is 1.20. The molecule has 0 aromatic rings.